The molecule has 0 bridgehead atoms. The fraction of sp³-hybridized carbons (Fsp3) is 0.538. The SMILES string of the molecule is Cc1ccnc2c1[nH]c(=S)n2CC(C)(C)N(C)C. The summed E-state index contributed by atoms with van der Waals surface area (Å²) in [5.74, 6) is 0. The third-order valence-corrected chi connectivity index (χ3v) is 3.95. The van der Waals surface area contributed by atoms with Gasteiger partial charge in [-0.1, -0.05) is 0 Å². The Balaban J connectivity index is 2.56. The molecule has 1 N–H and O–H groups in total. The molecule has 4 nitrogen and oxygen atoms in total. The van der Waals surface area contributed by atoms with E-state index in [0.717, 1.165) is 22.5 Å². The normalized spacial score (nSPS) is 12.6. The van der Waals surface area contributed by atoms with Gasteiger partial charge in [-0.25, -0.2) is 4.98 Å². The average molecular weight is 264 g/mol. The number of hydrogen-bond acceptors (Lipinski definition) is 3. The van der Waals surface area contributed by atoms with Crippen LogP contribution >= 0.6 is 12.2 Å². The Labute approximate surface area is 113 Å². The largest absolute Gasteiger partial charge is 0.329 e. The summed E-state index contributed by atoms with van der Waals surface area (Å²) >= 11 is 5.42. The summed E-state index contributed by atoms with van der Waals surface area (Å²) in [6.07, 6.45) is 1.83. The van der Waals surface area contributed by atoms with Gasteiger partial charge in [-0.2, -0.15) is 0 Å². The van der Waals surface area contributed by atoms with E-state index in [2.05, 4.69) is 54.3 Å². The summed E-state index contributed by atoms with van der Waals surface area (Å²) in [5, 5.41) is 0. The lowest BCUT2D eigenvalue weighted by molar-refractivity contribution is 0.170. The Kier molecular flexibility index (Phi) is 3.29. The van der Waals surface area contributed by atoms with Crippen molar-refractivity contribution in [1.82, 2.24) is 19.4 Å². The first kappa shape index (κ1) is 13.2. The van der Waals surface area contributed by atoms with Crippen LogP contribution in [0.5, 0.6) is 0 Å². The maximum Gasteiger partial charge on any atom is 0.179 e. The lowest BCUT2D eigenvalue weighted by atomic mass is 10.0. The maximum atomic E-state index is 5.42. The number of pyridine rings is 1. The minimum atomic E-state index is 0.0266. The molecule has 0 atom stereocenters. The van der Waals surface area contributed by atoms with E-state index in [1.54, 1.807) is 0 Å². The predicted octanol–water partition coefficient (Wildman–Crippen LogP) is 2.74. The fourth-order valence-electron chi connectivity index (χ4n) is 1.85. The Morgan fingerprint density at radius 3 is 2.72 bits per heavy atom. The van der Waals surface area contributed by atoms with Crippen molar-refractivity contribution in [3.05, 3.63) is 22.6 Å². The second kappa shape index (κ2) is 4.48. The molecule has 0 aliphatic heterocycles. The van der Waals surface area contributed by atoms with Gasteiger partial charge in [0.05, 0.1) is 5.52 Å². The van der Waals surface area contributed by atoms with E-state index in [-0.39, 0.29) is 5.54 Å². The van der Waals surface area contributed by atoms with Crippen LogP contribution in [-0.2, 0) is 6.54 Å². The summed E-state index contributed by atoms with van der Waals surface area (Å²) in [7, 11) is 4.16. The standard InChI is InChI=1S/C13H20N4S/c1-9-6-7-14-11-10(9)15-12(18)17(11)8-13(2,3)16(4)5/h6-7H,8H2,1-5H3,(H,15,18). The second-order valence-electron chi connectivity index (χ2n) is 5.55. The molecule has 2 aromatic heterocycles. The zero-order valence-corrected chi connectivity index (χ0v) is 12.4. The van der Waals surface area contributed by atoms with Gasteiger partial charge in [-0.3, -0.25) is 4.57 Å². The Bertz CT molecular complexity index is 621. The number of aromatic nitrogens is 3. The van der Waals surface area contributed by atoms with Crippen LogP contribution in [0.2, 0.25) is 0 Å². The van der Waals surface area contributed by atoms with Crippen LogP contribution in [0.25, 0.3) is 11.2 Å². The average Bonchev–Trinajstić information content (AvgIpc) is 2.57. The highest BCUT2D eigenvalue weighted by Crippen LogP contribution is 2.20. The number of fused-ring (bicyclic) bond motifs is 1. The number of likely N-dealkylation sites (N-methyl/N-ethyl adjacent to an activating group) is 1. The molecule has 98 valence electrons. The molecule has 2 aromatic rings. The van der Waals surface area contributed by atoms with E-state index in [0.29, 0.717) is 0 Å². The van der Waals surface area contributed by atoms with Crippen molar-refractivity contribution < 1.29 is 0 Å². The van der Waals surface area contributed by atoms with Crippen LogP contribution in [0.1, 0.15) is 19.4 Å². The van der Waals surface area contributed by atoms with Gasteiger partial charge in [0.1, 0.15) is 0 Å². The molecular weight excluding hydrogens is 244 g/mol. The second-order valence-corrected chi connectivity index (χ2v) is 5.94. The van der Waals surface area contributed by atoms with Crippen molar-refractivity contribution >= 4 is 23.4 Å². The molecule has 0 aliphatic rings. The smallest absolute Gasteiger partial charge is 0.179 e. The number of rotatable bonds is 3. The molecule has 0 spiro atoms. The lowest BCUT2D eigenvalue weighted by Gasteiger charge is -2.32. The summed E-state index contributed by atoms with van der Waals surface area (Å²) in [6, 6.07) is 2.00. The highest BCUT2D eigenvalue weighted by Gasteiger charge is 2.23. The quantitative estimate of drug-likeness (QED) is 0.866. The van der Waals surface area contributed by atoms with Crippen LogP contribution < -0.4 is 0 Å². The first-order valence-corrected chi connectivity index (χ1v) is 6.45. The summed E-state index contributed by atoms with van der Waals surface area (Å²) < 4.78 is 2.82. The van der Waals surface area contributed by atoms with Crippen LogP contribution in [0.4, 0.5) is 0 Å². The van der Waals surface area contributed by atoms with Gasteiger partial charge in [0.25, 0.3) is 0 Å². The van der Waals surface area contributed by atoms with Crippen molar-refractivity contribution in [2.45, 2.75) is 32.9 Å². The molecule has 5 heteroatoms. The number of imidazole rings is 1. The molecule has 0 aromatic carbocycles. The summed E-state index contributed by atoms with van der Waals surface area (Å²) in [4.78, 5) is 9.90. The molecule has 0 unspecified atom stereocenters. The number of hydrogen-bond donors (Lipinski definition) is 1. The summed E-state index contributed by atoms with van der Waals surface area (Å²) in [6.45, 7) is 7.28. The van der Waals surface area contributed by atoms with Crippen molar-refractivity contribution in [2.75, 3.05) is 14.1 Å². The lowest BCUT2D eigenvalue weighted by Crippen LogP contribution is -2.42. The number of H-pyrrole nitrogens is 1. The molecule has 0 saturated carbocycles. The van der Waals surface area contributed by atoms with E-state index in [9.17, 15) is 0 Å². The number of nitrogens with one attached hydrogen (secondary N) is 1. The fourth-order valence-corrected chi connectivity index (χ4v) is 2.10. The van der Waals surface area contributed by atoms with Gasteiger partial charge in [0.2, 0.25) is 0 Å². The first-order valence-electron chi connectivity index (χ1n) is 6.04. The van der Waals surface area contributed by atoms with Gasteiger partial charge < -0.3 is 9.88 Å². The van der Waals surface area contributed by atoms with Crippen molar-refractivity contribution in [3.63, 3.8) is 0 Å². The maximum absolute atomic E-state index is 5.42. The van der Waals surface area contributed by atoms with Gasteiger partial charge in [-0.15, -0.1) is 0 Å². The molecule has 2 rings (SSSR count). The monoisotopic (exact) mass is 264 g/mol. The van der Waals surface area contributed by atoms with E-state index < -0.39 is 0 Å². The van der Waals surface area contributed by atoms with Gasteiger partial charge in [-0.05, 0) is 58.7 Å². The summed E-state index contributed by atoms with van der Waals surface area (Å²) in [5.41, 5.74) is 3.18. The molecular formula is C13H20N4S. The van der Waals surface area contributed by atoms with Gasteiger partial charge in [0, 0.05) is 18.3 Å². The van der Waals surface area contributed by atoms with E-state index in [4.69, 9.17) is 12.2 Å². The van der Waals surface area contributed by atoms with Crippen LogP contribution in [0.3, 0.4) is 0 Å². The first-order chi connectivity index (χ1) is 8.33. The van der Waals surface area contributed by atoms with Gasteiger partial charge in [0.15, 0.2) is 10.4 Å². The highest BCUT2D eigenvalue weighted by atomic mass is 32.1. The zero-order valence-electron chi connectivity index (χ0n) is 11.6. The van der Waals surface area contributed by atoms with Crippen molar-refractivity contribution in [3.8, 4) is 0 Å². The van der Waals surface area contributed by atoms with Crippen molar-refractivity contribution in [1.29, 1.82) is 0 Å². The van der Waals surface area contributed by atoms with E-state index in [1.165, 1.54) is 5.56 Å². The van der Waals surface area contributed by atoms with Crippen LogP contribution in [-0.4, -0.2) is 39.1 Å². The predicted molar refractivity (Wildman–Crippen MR) is 77.4 cm³/mol. The van der Waals surface area contributed by atoms with Crippen molar-refractivity contribution in [2.24, 2.45) is 0 Å². The molecule has 0 saturated heterocycles. The highest BCUT2D eigenvalue weighted by molar-refractivity contribution is 7.71. The molecule has 2 heterocycles. The molecule has 0 aliphatic carbocycles. The molecule has 0 fully saturated rings. The minimum absolute atomic E-state index is 0.0266. The minimum Gasteiger partial charge on any atom is -0.329 e. The third kappa shape index (κ3) is 2.20. The van der Waals surface area contributed by atoms with Gasteiger partial charge >= 0.3 is 0 Å². The van der Waals surface area contributed by atoms with E-state index in [1.807, 2.05) is 12.3 Å². The molecule has 0 radical (unpaired) electrons. The zero-order chi connectivity index (χ0) is 13.5. The van der Waals surface area contributed by atoms with E-state index >= 15 is 0 Å². The molecule has 18 heavy (non-hydrogen) atoms. The Morgan fingerprint density at radius 1 is 1.44 bits per heavy atom. The molecule has 0 amide bonds. The van der Waals surface area contributed by atoms with Crippen LogP contribution in [0.15, 0.2) is 12.3 Å². The Morgan fingerprint density at radius 2 is 2.11 bits per heavy atom. The number of nitrogens with zero attached hydrogens (tertiary/aromatic N) is 3. The number of aromatic amines is 1. The Hall–Kier alpha value is -1.20. The third-order valence-electron chi connectivity index (χ3n) is 3.63. The van der Waals surface area contributed by atoms with Crippen LogP contribution in [0, 0.1) is 11.7 Å². The number of aryl methyl sites for hydroxylation is 1. The topological polar surface area (TPSA) is 36.9 Å².